The van der Waals surface area contributed by atoms with Crippen molar-refractivity contribution in [1.29, 1.82) is 0 Å². The molecule has 136 valence electrons. The molecule has 1 aromatic carbocycles. The van der Waals surface area contributed by atoms with Gasteiger partial charge in [-0.25, -0.2) is 0 Å². The fourth-order valence-electron chi connectivity index (χ4n) is 4.02. The van der Waals surface area contributed by atoms with Gasteiger partial charge >= 0.3 is 0 Å². The third-order valence-electron chi connectivity index (χ3n) is 5.37. The first kappa shape index (κ1) is 17.9. The van der Waals surface area contributed by atoms with Gasteiger partial charge in [-0.05, 0) is 37.3 Å². The van der Waals surface area contributed by atoms with E-state index in [1.54, 1.807) is 0 Å². The number of nitrogens with one attached hydrogen (secondary N) is 2. The van der Waals surface area contributed by atoms with Gasteiger partial charge in [0.25, 0.3) is 0 Å². The van der Waals surface area contributed by atoms with Crippen LogP contribution in [-0.2, 0) is 16.0 Å². The van der Waals surface area contributed by atoms with Crippen LogP contribution in [-0.4, -0.2) is 47.9 Å². The SMILES string of the molecule is CC(C)C(NC(=O)Cc1ccccc1)C(=O)N1C2CCNCC1CC2. The van der Waals surface area contributed by atoms with Crippen LogP contribution >= 0.6 is 0 Å². The van der Waals surface area contributed by atoms with Crippen LogP contribution < -0.4 is 10.6 Å². The van der Waals surface area contributed by atoms with Crippen LogP contribution in [0.15, 0.2) is 30.3 Å². The first-order valence-corrected chi connectivity index (χ1v) is 9.42. The minimum atomic E-state index is -0.447. The van der Waals surface area contributed by atoms with Crippen molar-refractivity contribution in [3.8, 4) is 0 Å². The molecule has 3 atom stereocenters. The number of rotatable bonds is 5. The lowest BCUT2D eigenvalue weighted by molar-refractivity contribution is -0.139. The van der Waals surface area contributed by atoms with Crippen LogP contribution in [0.3, 0.4) is 0 Å². The van der Waals surface area contributed by atoms with Gasteiger partial charge in [0.2, 0.25) is 11.8 Å². The molecule has 2 amide bonds. The molecule has 3 rings (SSSR count). The Kier molecular flexibility index (Phi) is 5.74. The Morgan fingerprint density at radius 3 is 2.60 bits per heavy atom. The summed E-state index contributed by atoms with van der Waals surface area (Å²) in [6.07, 6.45) is 3.46. The van der Waals surface area contributed by atoms with E-state index in [0.717, 1.165) is 37.9 Å². The highest BCUT2D eigenvalue weighted by Crippen LogP contribution is 2.29. The number of hydrogen-bond acceptors (Lipinski definition) is 3. The number of benzene rings is 1. The molecule has 0 aromatic heterocycles. The van der Waals surface area contributed by atoms with E-state index in [9.17, 15) is 9.59 Å². The van der Waals surface area contributed by atoms with Crippen molar-refractivity contribution in [3.05, 3.63) is 35.9 Å². The van der Waals surface area contributed by atoms with E-state index in [1.165, 1.54) is 0 Å². The molecule has 25 heavy (non-hydrogen) atoms. The molecule has 3 unspecified atom stereocenters. The molecule has 2 fully saturated rings. The van der Waals surface area contributed by atoms with Crippen molar-refractivity contribution in [2.24, 2.45) is 5.92 Å². The van der Waals surface area contributed by atoms with Gasteiger partial charge in [0.1, 0.15) is 6.04 Å². The highest BCUT2D eigenvalue weighted by atomic mass is 16.2. The third-order valence-corrected chi connectivity index (χ3v) is 5.37. The second-order valence-corrected chi connectivity index (χ2v) is 7.57. The highest BCUT2D eigenvalue weighted by Gasteiger charge is 2.41. The van der Waals surface area contributed by atoms with Crippen LogP contribution in [0.2, 0.25) is 0 Å². The molecule has 0 aliphatic carbocycles. The molecule has 2 N–H and O–H groups in total. The largest absolute Gasteiger partial charge is 0.344 e. The van der Waals surface area contributed by atoms with Crippen molar-refractivity contribution in [3.63, 3.8) is 0 Å². The van der Waals surface area contributed by atoms with Gasteiger partial charge in [0, 0.05) is 18.6 Å². The van der Waals surface area contributed by atoms with Gasteiger partial charge in [0.05, 0.1) is 6.42 Å². The zero-order valence-corrected chi connectivity index (χ0v) is 15.2. The summed E-state index contributed by atoms with van der Waals surface area (Å²) in [6, 6.07) is 9.80. The maximum atomic E-state index is 13.2. The fraction of sp³-hybridized carbons (Fsp3) is 0.600. The van der Waals surface area contributed by atoms with E-state index < -0.39 is 6.04 Å². The van der Waals surface area contributed by atoms with E-state index in [2.05, 4.69) is 15.5 Å². The Balaban J connectivity index is 1.68. The van der Waals surface area contributed by atoms with Crippen LogP contribution in [0.1, 0.15) is 38.7 Å². The van der Waals surface area contributed by atoms with Crippen LogP contribution in [0.25, 0.3) is 0 Å². The van der Waals surface area contributed by atoms with Crippen molar-refractivity contribution in [2.75, 3.05) is 13.1 Å². The molecule has 5 heteroatoms. The van der Waals surface area contributed by atoms with Crippen molar-refractivity contribution in [1.82, 2.24) is 15.5 Å². The first-order chi connectivity index (χ1) is 12.1. The number of fused-ring (bicyclic) bond motifs is 2. The minimum Gasteiger partial charge on any atom is -0.344 e. The standard InChI is InChI=1S/C20H29N3O2/c1-14(2)19(22-18(24)12-15-6-4-3-5-7-15)20(25)23-16-8-9-17(23)13-21-11-10-16/h3-7,14,16-17,19,21H,8-13H2,1-2H3,(H,22,24). The second kappa shape index (κ2) is 8.00. The van der Waals surface area contributed by atoms with Gasteiger partial charge in [-0.2, -0.15) is 0 Å². The Morgan fingerprint density at radius 2 is 1.88 bits per heavy atom. The zero-order valence-electron chi connectivity index (χ0n) is 15.2. The predicted molar refractivity (Wildman–Crippen MR) is 98.1 cm³/mol. The first-order valence-electron chi connectivity index (χ1n) is 9.42. The number of carbonyl (C=O) groups is 2. The van der Waals surface area contributed by atoms with E-state index in [0.29, 0.717) is 12.5 Å². The minimum absolute atomic E-state index is 0.0721. The van der Waals surface area contributed by atoms with Crippen LogP contribution in [0, 0.1) is 5.92 Å². The molecular formula is C20H29N3O2. The maximum Gasteiger partial charge on any atom is 0.245 e. The fourth-order valence-corrected chi connectivity index (χ4v) is 4.02. The molecule has 0 spiro atoms. The molecule has 2 aliphatic rings. The Hall–Kier alpha value is -1.88. The monoisotopic (exact) mass is 343 g/mol. The van der Waals surface area contributed by atoms with E-state index >= 15 is 0 Å². The van der Waals surface area contributed by atoms with Crippen LogP contribution in [0.4, 0.5) is 0 Å². The van der Waals surface area contributed by atoms with Crippen LogP contribution in [0.5, 0.6) is 0 Å². The van der Waals surface area contributed by atoms with E-state index in [4.69, 9.17) is 0 Å². The van der Waals surface area contributed by atoms with Crippen molar-refractivity contribution >= 4 is 11.8 Å². The smallest absolute Gasteiger partial charge is 0.245 e. The average molecular weight is 343 g/mol. The molecule has 2 aliphatic heterocycles. The summed E-state index contributed by atoms with van der Waals surface area (Å²) >= 11 is 0. The lowest BCUT2D eigenvalue weighted by Gasteiger charge is -2.33. The number of nitrogens with zero attached hydrogens (tertiary/aromatic N) is 1. The van der Waals surface area contributed by atoms with Crippen molar-refractivity contribution in [2.45, 2.75) is 57.7 Å². The van der Waals surface area contributed by atoms with Gasteiger partial charge in [0.15, 0.2) is 0 Å². The topological polar surface area (TPSA) is 61.4 Å². The van der Waals surface area contributed by atoms with Gasteiger partial charge in [-0.15, -0.1) is 0 Å². The summed E-state index contributed by atoms with van der Waals surface area (Å²) in [7, 11) is 0. The summed E-state index contributed by atoms with van der Waals surface area (Å²) < 4.78 is 0. The summed E-state index contributed by atoms with van der Waals surface area (Å²) in [4.78, 5) is 27.8. The Labute approximate surface area is 150 Å². The van der Waals surface area contributed by atoms with Crippen molar-refractivity contribution < 1.29 is 9.59 Å². The average Bonchev–Trinajstić information content (AvgIpc) is 2.85. The number of hydrogen-bond donors (Lipinski definition) is 2. The van der Waals surface area contributed by atoms with Gasteiger partial charge in [-0.3, -0.25) is 9.59 Å². The number of carbonyl (C=O) groups excluding carboxylic acids is 2. The zero-order chi connectivity index (χ0) is 17.8. The van der Waals surface area contributed by atoms with E-state index in [1.807, 2.05) is 44.2 Å². The lowest BCUT2D eigenvalue weighted by atomic mass is 10.0. The number of amides is 2. The summed E-state index contributed by atoms with van der Waals surface area (Å²) in [5.74, 6) is 0.0778. The maximum absolute atomic E-state index is 13.2. The molecule has 2 bridgehead atoms. The summed E-state index contributed by atoms with van der Waals surface area (Å²) in [5.41, 5.74) is 0.967. The molecule has 0 radical (unpaired) electrons. The van der Waals surface area contributed by atoms with Gasteiger partial charge < -0.3 is 15.5 Å². The summed E-state index contributed by atoms with van der Waals surface area (Å²) in [6.45, 7) is 5.84. The van der Waals surface area contributed by atoms with E-state index in [-0.39, 0.29) is 23.8 Å². The molecule has 2 saturated heterocycles. The third kappa shape index (κ3) is 4.21. The lowest BCUT2D eigenvalue weighted by Crippen LogP contribution is -2.55. The molecule has 0 saturated carbocycles. The molecule has 2 heterocycles. The highest BCUT2D eigenvalue weighted by molar-refractivity contribution is 5.89. The normalized spacial score (nSPS) is 24.0. The summed E-state index contributed by atoms with van der Waals surface area (Å²) in [5, 5.41) is 6.42. The predicted octanol–water partition coefficient (Wildman–Crippen LogP) is 1.72. The Morgan fingerprint density at radius 1 is 1.16 bits per heavy atom. The molecular weight excluding hydrogens is 314 g/mol. The van der Waals surface area contributed by atoms with Gasteiger partial charge in [-0.1, -0.05) is 44.2 Å². The molecule has 5 nitrogen and oxygen atoms in total. The quantitative estimate of drug-likeness (QED) is 0.856. The Bertz CT molecular complexity index is 588. The second-order valence-electron chi connectivity index (χ2n) is 7.57. The molecule has 1 aromatic rings.